The number of ether oxygens (including phenoxy) is 1. The summed E-state index contributed by atoms with van der Waals surface area (Å²) in [5.74, 6) is -5.87. The van der Waals surface area contributed by atoms with Crippen molar-refractivity contribution in [1.29, 1.82) is 0 Å². The van der Waals surface area contributed by atoms with Crippen LogP contribution in [0.3, 0.4) is 0 Å². The van der Waals surface area contributed by atoms with Gasteiger partial charge >= 0.3 is 6.18 Å². The van der Waals surface area contributed by atoms with Crippen LogP contribution in [-0.2, 0) is 11.4 Å². The first-order chi connectivity index (χ1) is 14.9. The van der Waals surface area contributed by atoms with Crippen LogP contribution in [0.5, 0.6) is 5.75 Å². The molecule has 32 heavy (non-hydrogen) atoms. The van der Waals surface area contributed by atoms with Gasteiger partial charge in [-0.05, 0) is 37.6 Å². The van der Waals surface area contributed by atoms with Gasteiger partial charge in [0, 0.05) is 22.7 Å². The second-order valence-electron chi connectivity index (χ2n) is 7.52. The summed E-state index contributed by atoms with van der Waals surface area (Å²) in [5.41, 5.74) is -0.110. The van der Waals surface area contributed by atoms with Crippen molar-refractivity contribution in [3.05, 3.63) is 58.9 Å². The van der Waals surface area contributed by atoms with Crippen LogP contribution in [0.4, 0.5) is 32.0 Å². The normalized spacial score (nSPS) is 23.3. The Morgan fingerprint density at radius 1 is 1.22 bits per heavy atom. The smallest absolute Gasteiger partial charge is 0.403 e. The summed E-state index contributed by atoms with van der Waals surface area (Å²) in [5, 5.41) is 10.3. The van der Waals surface area contributed by atoms with Crippen molar-refractivity contribution in [2.75, 3.05) is 12.4 Å². The van der Waals surface area contributed by atoms with Gasteiger partial charge in [0.15, 0.2) is 11.6 Å². The highest BCUT2D eigenvalue weighted by Gasteiger charge is 2.60. The van der Waals surface area contributed by atoms with E-state index in [4.69, 9.17) is 4.74 Å². The number of hydrogen-bond donors (Lipinski definition) is 2. The van der Waals surface area contributed by atoms with E-state index in [2.05, 4.69) is 5.32 Å². The number of carbonyl (C=O) groups is 1. The summed E-state index contributed by atoms with van der Waals surface area (Å²) in [7, 11) is 1.05. The van der Waals surface area contributed by atoms with E-state index in [1.165, 1.54) is 6.07 Å². The van der Waals surface area contributed by atoms with Crippen LogP contribution in [0.15, 0.2) is 30.3 Å². The molecule has 0 unspecified atom stereocenters. The maximum atomic E-state index is 14.2. The Morgan fingerprint density at radius 2 is 1.88 bits per heavy atom. The van der Waals surface area contributed by atoms with Gasteiger partial charge in [-0.15, -0.1) is 11.8 Å². The molecule has 2 aromatic rings. The molecule has 3 atom stereocenters. The molecule has 1 amide bonds. The standard InChI is InChI=1S/C21H19F6NO3S/c1-20(21(25,26)27)8-13(12-4-6-15(23)16(24)17(12)31-2)18(32-20)19(30)28-11-3-5-14(22)10(7-11)9-29/h3-7,13,18,29H,8-9H2,1-2H3,(H,28,30)/t13-,18+,20+/m0/s1. The molecule has 1 aliphatic heterocycles. The molecule has 0 aliphatic carbocycles. The number of anilines is 1. The van der Waals surface area contributed by atoms with Gasteiger partial charge in [0.2, 0.25) is 11.7 Å². The van der Waals surface area contributed by atoms with E-state index in [1.807, 2.05) is 0 Å². The van der Waals surface area contributed by atoms with Gasteiger partial charge in [0.1, 0.15) is 10.6 Å². The molecule has 1 fully saturated rings. The van der Waals surface area contributed by atoms with Crippen LogP contribution in [-0.4, -0.2) is 34.3 Å². The summed E-state index contributed by atoms with van der Waals surface area (Å²) in [4.78, 5) is 13.0. The van der Waals surface area contributed by atoms with E-state index in [0.717, 1.165) is 38.3 Å². The van der Waals surface area contributed by atoms with Crippen molar-refractivity contribution < 1.29 is 41.0 Å². The first kappa shape index (κ1) is 24.2. The van der Waals surface area contributed by atoms with E-state index < -0.39 is 64.2 Å². The number of benzene rings is 2. The van der Waals surface area contributed by atoms with Gasteiger partial charge in [-0.1, -0.05) is 6.07 Å². The second-order valence-corrected chi connectivity index (χ2v) is 9.16. The van der Waals surface area contributed by atoms with Gasteiger partial charge in [0.05, 0.1) is 19.0 Å². The molecule has 0 radical (unpaired) electrons. The molecule has 0 saturated carbocycles. The van der Waals surface area contributed by atoms with E-state index in [1.54, 1.807) is 0 Å². The molecule has 0 spiro atoms. The van der Waals surface area contributed by atoms with E-state index >= 15 is 0 Å². The first-order valence-electron chi connectivity index (χ1n) is 9.38. The Hall–Kier alpha value is -2.40. The topological polar surface area (TPSA) is 58.6 Å². The van der Waals surface area contributed by atoms with Gasteiger partial charge in [-0.3, -0.25) is 4.79 Å². The Kier molecular flexibility index (Phi) is 6.71. The number of aliphatic hydroxyl groups is 1. The summed E-state index contributed by atoms with van der Waals surface area (Å²) in [6.45, 7) is 0.292. The third-order valence-electron chi connectivity index (χ3n) is 5.39. The molecule has 1 heterocycles. The lowest BCUT2D eigenvalue weighted by atomic mass is 9.85. The zero-order valence-corrected chi connectivity index (χ0v) is 17.7. The van der Waals surface area contributed by atoms with Crippen molar-refractivity contribution in [2.45, 2.75) is 42.0 Å². The predicted octanol–water partition coefficient (Wildman–Crippen LogP) is 5.15. The number of aliphatic hydroxyl groups excluding tert-OH is 1. The number of methoxy groups -OCH3 is 1. The number of amides is 1. The molecule has 0 bridgehead atoms. The van der Waals surface area contributed by atoms with E-state index in [9.17, 15) is 36.2 Å². The molecule has 2 aromatic carbocycles. The first-order valence-corrected chi connectivity index (χ1v) is 10.3. The molecule has 1 aliphatic rings. The Labute approximate surface area is 184 Å². The molecule has 1 saturated heterocycles. The van der Waals surface area contributed by atoms with Crippen LogP contribution in [0.1, 0.15) is 30.4 Å². The minimum absolute atomic E-state index is 0.0673. The average Bonchev–Trinajstić information content (AvgIpc) is 3.10. The zero-order chi connectivity index (χ0) is 23.8. The number of thioether (sulfide) groups is 1. The SMILES string of the molecule is COc1c([C@@H]2C[C@](C)(C(F)(F)F)S[C@H]2C(=O)Nc2ccc(F)c(CO)c2)ccc(F)c1F. The van der Waals surface area contributed by atoms with Crippen LogP contribution in [0.25, 0.3) is 0 Å². The fourth-order valence-electron chi connectivity index (χ4n) is 3.66. The largest absolute Gasteiger partial charge is 0.493 e. The van der Waals surface area contributed by atoms with E-state index in [-0.39, 0.29) is 16.8 Å². The lowest BCUT2D eigenvalue weighted by Gasteiger charge is -2.26. The minimum atomic E-state index is -4.68. The van der Waals surface area contributed by atoms with Gasteiger partial charge in [-0.25, -0.2) is 8.78 Å². The molecule has 2 N–H and O–H groups in total. The van der Waals surface area contributed by atoms with Gasteiger partial charge in [0.25, 0.3) is 0 Å². The lowest BCUT2D eigenvalue weighted by molar-refractivity contribution is -0.155. The molecule has 0 aromatic heterocycles. The number of alkyl halides is 3. The average molecular weight is 479 g/mol. The Balaban J connectivity index is 2.01. The highest BCUT2D eigenvalue weighted by atomic mass is 32.2. The van der Waals surface area contributed by atoms with Crippen molar-refractivity contribution >= 4 is 23.4 Å². The number of carbonyl (C=O) groups excluding carboxylic acids is 1. The summed E-state index contributed by atoms with van der Waals surface area (Å²) in [6.07, 6.45) is -5.26. The third-order valence-corrected chi connectivity index (χ3v) is 7.10. The van der Waals surface area contributed by atoms with Crippen LogP contribution in [0, 0.1) is 17.5 Å². The summed E-state index contributed by atoms with van der Waals surface area (Å²) in [6, 6.07) is 5.22. The zero-order valence-electron chi connectivity index (χ0n) is 16.9. The highest BCUT2D eigenvalue weighted by molar-refractivity contribution is 8.02. The molecule has 174 valence electrons. The van der Waals surface area contributed by atoms with Gasteiger partial charge < -0.3 is 15.2 Å². The van der Waals surface area contributed by atoms with Gasteiger partial charge in [-0.2, -0.15) is 17.6 Å². The lowest BCUT2D eigenvalue weighted by Crippen LogP contribution is -2.37. The monoisotopic (exact) mass is 479 g/mol. The van der Waals surface area contributed by atoms with Crippen molar-refractivity contribution in [3.63, 3.8) is 0 Å². The second kappa shape index (κ2) is 8.86. The van der Waals surface area contributed by atoms with Crippen molar-refractivity contribution in [1.82, 2.24) is 0 Å². The predicted molar refractivity (Wildman–Crippen MR) is 107 cm³/mol. The Bertz CT molecular complexity index is 1030. The van der Waals surface area contributed by atoms with E-state index in [0.29, 0.717) is 11.8 Å². The molecule has 11 heteroatoms. The van der Waals surface area contributed by atoms with Crippen molar-refractivity contribution in [2.24, 2.45) is 0 Å². The Morgan fingerprint density at radius 3 is 2.47 bits per heavy atom. The summed E-state index contributed by atoms with van der Waals surface area (Å²) < 4.78 is 85.4. The molecule has 3 rings (SSSR count). The van der Waals surface area contributed by atoms with Crippen molar-refractivity contribution in [3.8, 4) is 5.75 Å². The number of nitrogens with one attached hydrogen (secondary N) is 1. The number of halogens is 6. The maximum Gasteiger partial charge on any atom is 0.403 e. The molecule has 4 nitrogen and oxygen atoms in total. The number of hydrogen-bond acceptors (Lipinski definition) is 4. The highest BCUT2D eigenvalue weighted by Crippen LogP contribution is 2.59. The minimum Gasteiger partial charge on any atom is -0.493 e. The maximum absolute atomic E-state index is 14.2. The molecular formula is C21H19F6NO3S. The van der Waals surface area contributed by atoms with Crippen LogP contribution < -0.4 is 10.1 Å². The van der Waals surface area contributed by atoms with Crippen LogP contribution >= 0.6 is 11.8 Å². The fourth-order valence-corrected chi connectivity index (χ4v) is 5.21. The third kappa shape index (κ3) is 4.40. The summed E-state index contributed by atoms with van der Waals surface area (Å²) >= 11 is 0.360. The quantitative estimate of drug-likeness (QED) is 0.583. The number of rotatable bonds is 5. The fraction of sp³-hybridized carbons (Fsp3) is 0.381. The van der Waals surface area contributed by atoms with Crippen LogP contribution in [0.2, 0.25) is 0 Å². The molecular weight excluding hydrogens is 460 g/mol.